The SMILES string of the molecule is CCC1COCCN1c1ccnc(C2CC2)n1. The van der Waals surface area contributed by atoms with Crippen LogP contribution in [0.2, 0.25) is 0 Å². The highest BCUT2D eigenvalue weighted by Gasteiger charge is 2.28. The van der Waals surface area contributed by atoms with Crippen molar-refractivity contribution in [1.29, 1.82) is 0 Å². The van der Waals surface area contributed by atoms with Gasteiger partial charge in [-0.1, -0.05) is 6.92 Å². The van der Waals surface area contributed by atoms with E-state index in [0.29, 0.717) is 12.0 Å². The molecule has 0 aromatic carbocycles. The maximum atomic E-state index is 5.53. The van der Waals surface area contributed by atoms with E-state index in [4.69, 9.17) is 9.72 Å². The number of hydrogen-bond acceptors (Lipinski definition) is 4. The van der Waals surface area contributed by atoms with E-state index >= 15 is 0 Å². The summed E-state index contributed by atoms with van der Waals surface area (Å²) in [4.78, 5) is 11.5. The number of anilines is 1. The second-order valence-electron chi connectivity index (χ2n) is 4.88. The van der Waals surface area contributed by atoms with Crippen LogP contribution in [0.5, 0.6) is 0 Å². The molecule has 1 aliphatic heterocycles. The third-order valence-corrected chi connectivity index (χ3v) is 3.60. The fourth-order valence-electron chi connectivity index (χ4n) is 2.36. The van der Waals surface area contributed by atoms with Crippen LogP contribution in [0.25, 0.3) is 0 Å². The van der Waals surface area contributed by atoms with Crippen molar-refractivity contribution in [2.24, 2.45) is 0 Å². The summed E-state index contributed by atoms with van der Waals surface area (Å²) in [6, 6.07) is 2.49. The van der Waals surface area contributed by atoms with E-state index in [-0.39, 0.29) is 0 Å². The van der Waals surface area contributed by atoms with Crippen LogP contribution in [0.15, 0.2) is 12.3 Å². The molecule has 1 saturated heterocycles. The molecular weight excluding hydrogens is 214 g/mol. The van der Waals surface area contributed by atoms with Gasteiger partial charge in [0.05, 0.1) is 19.3 Å². The van der Waals surface area contributed by atoms with Crippen molar-refractivity contribution in [2.45, 2.75) is 38.1 Å². The zero-order chi connectivity index (χ0) is 11.7. The molecule has 0 amide bonds. The van der Waals surface area contributed by atoms with Gasteiger partial charge >= 0.3 is 0 Å². The van der Waals surface area contributed by atoms with E-state index in [9.17, 15) is 0 Å². The number of aromatic nitrogens is 2. The molecule has 4 nitrogen and oxygen atoms in total. The van der Waals surface area contributed by atoms with E-state index in [2.05, 4.69) is 16.8 Å². The zero-order valence-electron chi connectivity index (χ0n) is 10.3. The van der Waals surface area contributed by atoms with E-state index in [1.54, 1.807) is 0 Å². The molecule has 1 aliphatic carbocycles. The Morgan fingerprint density at radius 2 is 2.35 bits per heavy atom. The summed E-state index contributed by atoms with van der Waals surface area (Å²) >= 11 is 0. The summed E-state index contributed by atoms with van der Waals surface area (Å²) in [6.07, 6.45) is 5.51. The molecule has 1 aromatic heterocycles. The van der Waals surface area contributed by atoms with E-state index in [1.807, 2.05) is 12.3 Å². The Hall–Kier alpha value is -1.16. The third kappa shape index (κ3) is 2.27. The van der Waals surface area contributed by atoms with Crippen LogP contribution in [-0.4, -0.2) is 35.8 Å². The summed E-state index contributed by atoms with van der Waals surface area (Å²) in [6.45, 7) is 4.77. The molecule has 1 unspecified atom stereocenters. The van der Waals surface area contributed by atoms with Crippen LogP contribution in [-0.2, 0) is 4.74 Å². The maximum Gasteiger partial charge on any atom is 0.133 e. The second-order valence-corrected chi connectivity index (χ2v) is 4.88. The van der Waals surface area contributed by atoms with Gasteiger partial charge in [-0.05, 0) is 25.3 Å². The highest BCUT2D eigenvalue weighted by atomic mass is 16.5. The summed E-state index contributed by atoms with van der Waals surface area (Å²) in [7, 11) is 0. The van der Waals surface area contributed by atoms with Crippen molar-refractivity contribution in [3.8, 4) is 0 Å². The lowest BCUT2D eigenvalue weighted by atomic mass is 10.2. The number of ether oxygens (including phenoxy) is 1. The first-order valence-corrected chi connectivity index (χ1v) is 6.56. The first kappa shape index (κ1) is 11.0. The molecule has 3 rings (SSSR count). The lowest BCUT2D eigenvalue weighted by Gasteiger charge is -2.36. The number of nitrogens with zero attached hydrogens (tertiary/aromatic N) is 3. The quantitative estimate of drug-likeness (QED) is 0.800. The van der Waals surface area contributed by atoms with Crippen LogP contribution in [0.1, 0.15) is 37.9 Å². The van der Waals surface area contributed by atoms with Crippen molar-refractivity contribution in [3.05, 3.63) is 18.1 Å². The topological polar surface area (TPSA) is 38.2 Å². The van der Waals surface area contributed by atoms with Crippen molar-refractivity contribution in [2.75, 3.05) is 24.7 Å². The molecule has 92 valence electrons. The largest absolute Gasteiger partial charge is 0.377 e. The van der Waals surface area contributed by atoms with Crippen molar-refractivity contribution in [1.82, 2.24) is 9.97 Å². The Morgan fingerprint density at radius 1 is 1.47 bits per heavy atom. The molecule has 1 aromatic rings. The molecule has 4 heteroatoms. The van der Waals surface area contributed by atoms with Crippen LogP contribution in [0, 0.1) is 0 Å². The number of rotatable bonds is 3. The smallest absolute Gasteiger partial charge is 0.133 e. The van der Waals surface area contributed by atoms with E-state index in [1.165, 1.54) is 12.8 Å². The van der Waals surface area contributed by atoms with Crippen LogP contribution in [0.3, 0.4) is 0 Å². The van der Waals surface area contributed by atoms with Gasteiger partial charge in [0.1, 0.15) is 11.6 Å². The van der Waals surface area contributed by atoms with Gasteiger partial charge in [0.15, 0.2) is 0 Å². The second kappa shape index (κ2) is 4.61. The molecule has 1 atom stereocenters. The maximum absolute atomic E-state index is 5.53. The fourth-order valence-corrected chi connectivity index (χ4v) is 2.36. The molecule has 2 fully saturated rings. The van der Waals surface area contributed by atoms with Crippen LogP contribution in [0.4, 0.5) is 5.82 Å². The molecule has 17 heavy (non-hydrogen) atoms. The average Bonchev–Trinajstić information content (AvgIpc) is 3.23. The molecule has 2 heterocycles. The van der Waals surface area contributed by atoms with E-state index < -0.39 is 0 Å². The average molecular weight is 233 g/mol. The highest BCUT2D eigenvalue weighted by Crippen LogP contribution is 2.38. The Kier molecular flexibility index (Phi) is 2.97. The monoisotopic (exact) mass is 233 g/mol. The fraction of sp³-hybridized carbons (Fsp3) is 0.692. The first-order valence-electron chi connectivity index (χ1n) is 6.56. The Morgan fingerprint density at radius 3 is 3.12 bits per heavy atom. The third-order valence-electron chi connectivity index (χ3n) is 3.60. The standard InChI is InChI=1S/C13H19N3O/c1-2-11-9-17-8-7-16(11)12-5-6-14-13(15-12)10-3-4-10/h5-6,10-11H,2-4,7-9H2,1H3. The van der Waals surface area contributed by atoms with Gasteiger partial charge in [-0.3, -0.25) is 0 Å². The van der Waals surface area contributed by atoms with E-state index in [0.717, 1.165) is 37.8 Å². The van der Waals surface area contributed by atoms with Crippen LogP contribution < -0.4 is 4.90 Å². The molecule has 0 bridgehead atoms. The molecule has 0 radical (unpaired) electrons. The summed E-state index contributed by atoms with van der Waals surface area (Å²) in [5.41, 5.74) is 0. The van der Waals surface area contributed by atoms with Crippen molar-refractivity contribution in [3.63, 3.8) is 0 Å². The summed E-state index contributed by atoms with van der Waals surface area (Å²) in [5.74, 6) is 2.73. The number of morpholine rings is 1. The van der Waals surface area contributed by atoms with Gasteiger partial charge in [-0.15, -0.1) is 0 Å². The Bertz CT molecular complexity index is 392. The Labute approximate surface area is 102 Å². The lowest BCUT2D eigenvalue weighted by Crippen LogP contribution is -2.45. The highest BCUT2D eigenvalue weighted by molar-refractivity contribution is 5.40. The first-order chi connectivity index (χ1) is 8.38. The minimum absolute atomic E-state index is 0.464. The van der Waals surface area contributed by atoms with Gasteiger partial charge in [0.25, 0.3) is 0 Å². The minimum atomic E-state index is 0.464. The predicted octanol–water partition coefficient (Wildman–Crippen LogP) is 1.97. The van der Waals surface area contributed by atoms with Gasteiger partial charge in [0.2, 0.25) is 0 Å². The summed E-state index contributed by atoms with van der Waals surface area (Å²) in [5, 5.41) is 0. The number of hydrogen-bond donors (Lipinski definition) is 0. The molecule has 0 N–H and O–H groups in total. The normalized spacial score (nSPS) is 25.0. The minimum Gasteiger partial charge on any atom is -0.377 e. The predicted molar refractivity (Wildman–Crippen MR) is 66.3 cm³/mol. The van der Waals surface area contributed by atoms with Gasteiger partial charge in [0, 0.05) is 18.7 Å². The van der Waals surface area contributed by atoms with Gasteiger partial charge < -0.3 is 9.64 Å². The zero-order valence-corrected chi connectivity index (χ0v) is 10.3. The van der Waals surface area contributed by atoms with Crippen LogP contribution >= 0.6 is 0 Å². The summed E-state index contributed by atoms with van der Waals surface area (Å²) < 4.78 is 5.53. The van der Waals surface area contributed by atoms with Crippen molar-refractivity contribution >= 4 is 5.82 Å². The Balaban J connectivity index is 1.83. The molecule has 2 aliphatic rings. The lowest BCUT2D eigenvalue weighted by molar-refractivity contribution is 0.0925. The molecular formula is C13H19N3O. The van der Waals surface area contributed by atoms with Gasteiger partial charge in [-0.2, -0.15) is 0 Å². The molecule has 1 saturated carbocycles. The van der Waals surface area contributed by atoms with Crippen molar-refractivity contribution < 1.29 is 4.74 Å². The van der Waals surface area contributed by atoms with Gasteiger partial charge in [-0.25, -0.2) is 9.97 Å². The molecule has 0 spiro atoms.